The van der Waals surface area contributed by atoms with Gasteiger partial charge in [-0.25, -0.2) is 8.42 Å². The number of hydrogen-bond donors (Lipinski definition) is 0. The highest BCUT2D eigenvalue weighted by atomic mass is 32.2. The topological polar surface area (TPSA) is 72.9 Å². The third-order valence-electron chi connectivity index (χ3n) is 5.16. The van der Waals surface area contributed by atoms with Crippen molar-refractivity contribution in [3.8, 4) is 11.5 Å². The molecule has 0 aromatic heterocycles. The molecule has 1 atom stereocenters. The minimum absolute atomic E-state index is 0.0289. The molecule has 0 fully saturated rings. The van der Waals surface area contributed by atoms with E-state index < -0.39 is 15.6 Å². The summed E-state index contributed by atoms with van der Waals surface area (Å²) in [4.78, 5) is 14.6. The average molecular weight is 401 g/mol. The number of nitrogens with zero attached hydrogens (tertiary/aromatic N) is 1. The van der Waals surface area contributed by atoms with Crippen molar-refractivity contribution in [2.45, 2.75) is 31.6 Å². The molecular weight excluding hydrogens is 378 g/mol. The Kier molecular flexibility index (Phi) is 5.02. The Bertz CT molecular complexity index is 1000. The van der Waals surface area contributed by atoms with Gasteiger partial charge in [0.15, 0.2) is 21.3 Å². The number of rotatable bonds is 4. The molecule has 2 heterocycles. The monoisotopic (exact) mass is 401 g/mol. The Morgan fingerprint density at radius 3 is 2.75 bits per heavy atom. The number of hydrogen-bond acceptors (Lipinski definition) is 5. The molecule has 1 amide bonds. The lowest BCUT2D eigenvalue weighted by atomic mass is 9.97. The third kappa shape index (κ3) is 3.71. The van der Waals surface area contributed by atoms with Crippen LogP contribution in [-0.2, 0) is 26.8 Å². The maximum atomic E-state index is 13.0. The fraction of sp³-hybridized carbons (Fsp3) is 0.381. The molecule has 0 saturated carbocycles. The number of benzene rings is 2. The molecule has 2 aromatic rings. The lowest BCUT2D eigenvalue weighted by molar-refractivity contribution is -0.116. The first kappa shape index (κ1) is 18.8. The Balaban J connectivity index is 1.55. The molecule has 2 aliphatic heterocycles. The molecule has 4 rings (SSSR count). The summed E-state index contributed by atoms with van der Waals surface area (Å²) in [5.41, 5.74) is 2.42. The number of fused-ring (bicyclic) bond motifs is 2. The van der Waals surface area contributed by atoms with Crippen molar-refractivity contribution in [3.05, 3.63) is 53.6 Å². The van der Waals surface area contributed by atoms with Gasteiger partial charge in [-0.1, -0.05) is 30.3 Å². The van der Waals surface area contributed by atoms with Crippen LogP contribution >= 0.6 is 0 Å². The van der Waals surface area contributed by atoms with Gasteiger partial charge in [0.2, 0.25) is 5.91 Å². The van der Waals surface area contributed by atoms with Crippen LogP contribution in [0.3, 0.4) is 0 Å². The summed E-state index contributed by atoms with van der Waals surface area (Å²) in [6, 6.07) is 12.9. The molecule has 0 spiro atoms. The molecule has 1 unspecified atom stereocenters. The van der Waals surface area contributed by atoms with Crippen molar-refractivity contribution in [2.24, 2.45) is 0 Å². The van der Waals surface area contributed by atoms with Gasteiger partial charge in [0.05, 0.1) is 5.75 Å². The van der Waals surface area contributed by atoms with Crippen molar-refractivity contribution in [1.29, 1.82) is 0 Å². The second-order valence-corrected chi connectivity index (χ2v) is 9.32. The third-order valence-corrected chi connectivity index (χ3v) is 6.60. The second kappa shape index (κ2) is 7.47. The van der Waals surface area contributed by atoms with E-state index in [4.69, 9.17) is 9.47 Å². The average Bonchev–Trinajstić information content (AvgIpc) is 2.67. The molecule has 7 heteroatoms. The van der Waals surface area contributed by atoms with Crippen molar-refractivity contribution < 1.29 is 22.7 Å². The number of sulfone groups is 1. The first-order valence-corrected chi connectivity index (χ1v) is 11.2. The molecule has 28 heavy (non-hydrogen) atoms. The predicted octanol–water partition coefficient (Wildman–Crippen LogP) is 2.74. The fourth-order valence-electron chi connectivity index (χ4n) is 3.86. The highest BCUT2D eigenvalue weighted by Crippen LogP contribution is 2.35. The van der Waals surface area contributed by atoms with Crippen molar-refractivity contribution in [2.75, 3.05) is 23.9 Å². The van der Waals surface area contributed by atoms with E-state index in [1.165, 1.54) is 0 Å². The molecule has 0 N–H and O–H groups in total. The van der Waals surface area contributed by atoms with Gasteiger partial charge in [-0.15, -0.1) is 0 Å². The Hall–Kier alpha value is -2.54. The minimum Gasteiger partial charge on any atom is -0.486 e. The van der Waals surface area contributed by atoms with E-state index in [1.807, 2.05) is 31.2 Å². The maximum absolute atomic E-state index is 13.0. The SMILES string of the molecule is CC1CCc2ccccc2N1C(=O)CS(=O)(=O)Cc1cccc2c1OCCO2. The second-order valence-electron chi connectivity index (χ2n) is 7.25. The van der Waals surface area contributed by atoms with Crippen LogP contribution in [0.4, 0.5) is 5.69 Å². The van der Waals surface area contributed by atoms with Crippen molar-refractivity contribution in [1.82, 2.24) is 0 Å². The quantitative estimate of drug-likeness (QED) is 0.788. The standard InChI is InChI=1S/C21H23NO5S/c1-15-9-10-16-5-2-3-7-18(16)22(15)20(23)14-28(24,25)13-17-6-4-8-19-21(17)27-12-11-26-19/h2-8,15H,9-14H2,1H3. The van der Waals surface area contributed by atoms with E-state index in [0.29, 0.717) is 30.3 Å². The zero-order valence-electron chi connectivity index (χ0n) is 15.8. The number of amides is 1. The molecule has 2 aliphatic rings. The lowest BCUT2D eigenvalue weighted by Gasteiger charge is -2.35. The summed E-state index contributed by atoms with van der Waals surface area (Å²) in [6.45, 7) is 2.78. The van der Waals surface area contributed by atoms with E-state index in [1.54, 1.807) is 23.1 Å². The first-order valence-electron chi connectivity index (χ1n) is 9.42. The van der Waals surface area contributed by atoms with Gasteiger partial charge >= 0.3 is 0 Å². The van der Waals surface area contributed by atoms with Gasteiger partial charge in [-0.05, 0) is 37.5 Å². The maximum Gasteiger partial charge on any atom is 0.242 e. The van der Waals surface area contributed by atoms with Gasteiger partial charge in [0.1, 0.15) is 19.0 Å². The summed E-state index contributed by atoms with van der Waals surface area (Å²) in [7, 11) is -3.67. The number of carbonyl (C=O) groups is 1. The van der Waals surface area contributed by atoms with Crippen molar-refractivity contribution >= 4 is 21.4 Å². The van der Waals surface area contributed by atoms with Crippen molar-refractivity contribution in [3.63, 3.8) is 0 Å². The van der Waals surface area contributed by atoms with Crippen LogP contribution in [0, 0.1) is 0 Å². The first-order chi connectivity index (χ1) is 13.4. The normalized spacial score (nSPS) is 18.5. The lowest BCUT2D eigenvalue weighted by Crippen LogP contribution is -2.45. The number of aryl methyl sites for hydroxylation is 1. The highest BCUT2D eigenvalue weighted by Gasteiger charge is 2.31. The minimum atomic E-state index is -3.67. The zero-order chi connectivity index (χ0) is 19.7. The number of carbonyl (C=O) groups excluding carboxylic acids is 1. The number of para-hydroxylation sites is 2. The molecule has 148 valence electrons. The van der Waals surface area contributed by atoms with Gasteiger partial charge in [-0.3, -0.25) is 4.79 Å². The molecule has 0 saturated heterocycles. The van der Waals surface area contributed by atoms with Gasteiger partial charge in [-0.2, -0.15) is 0 Å². The molecule has 0 radical (unpaired) electrons. The summed E-state index contributed by atoms with van der Waals surface area (Å²) in [5, 5.41) is 0. The number of ether oxygens (including phenoxy) is 2. The molecular formula is C21H23NO5S. The van der Waals surface area contributed by atoms with E-state index in [0.717, 1.165) is 24.1 Å². The van der Waals surface area contributed by atoms with Crippen LogP contribution in [0.2, 0.25) is 0 Å². The van der Waals surface area contributed by atoms with Crippen LogP contribution in [-0.4, -0.2) is 39.3 Å². The molecule has 0 bridgehead atoms. The molecule has 0 aliphatic carbocycles. The molecule has 2 aromatic carbocycles. The molecule has 6 nitrogen and oxygen atoms in total. The van der Waals surface area contributed by atoms with E-state index in [9.17, 15) is 13.2 Å². The van der Waals surface area contributed by atoms with Crippen LogP contribution in [0.15, 0.2) is 42.5 Å². The van der Waals surface area contributed by atoms with E-state index in [2.05, 4.69) is 0 Å². The number of anilines is 1. The van der Waals surface area contributed by atoms with Gasteiger partial charge in [0, 0.05) is 17.3 Å². The van der Waals surface area contributed by atoms with E-state index >= 15 is 0 Å². The Labute approximate surface area is 165 Å². The summed E-state index contributed by atoms with van der Waals surface area (Å²) < 4.78 is 36.7. The summed E-state index contributed by atoms with van der Waals surface area (Å²) >= 11 is 0. The van der Waals surface area contributed by atoms with Crippen LogP contribution in [0.5, 0.6) is 11.5 Å². The van der Waals surface area contributed by atoms with Gasteiger partial charge < -0.3 is 14.4 Å². The van der Waals surface area contributed by atoms with Crippen LogP contribution in [0.1, 0.15) is 24.5 Å². The Morgan fingerprint density at radius 1 is 1.11 bits per heavy atom. The van der Waals surface area contributed by atoms with Crippen LogP contribution < -0.4 is 14.4 Å². The van der Waals surface area contributed by atoms with E-state index in [-0.39, 0.29) is 17.7 Å². The highest BCUT2D eigenvalue weighted by molar-refractivity contribution is 7.91. The predicted molar refractivity (Wildman–Crippen MR) is 107 cm³/mol. The fourth-order valence-corrected chi connectivity index (χ4v) is 5.18. The Morgan fingerprint density at radius 2 is 1.89 bits per heavy atom. The van der Waals surface area contributed by atoms with Crippen LogP contribution in [0.25, 0.3) is 0 Å². The van der Waals surface area contributed by atoms with Gasteiger partial charge in [0.25, 0.3) is 0 Å². The summed E-state index contributed by atoms with van der Waals surface area (Å²) in [6.07, 6.45) is 1.71. The summed E-state index contributed by atoms with van der Waals surface area (Å²) in [5.74, 6) is -0.169. The largest absolute Gasteiger partial charge is 0.486 e. The smallest absolute Gasteiger partial charge is 0.242 e. The zero-order valence-corrected chi connectivity index (χ0v) is 16.6.